The Kier molecular flexibility index (Phi) is 4.52. The van der Waals surface area contributed by atoms with Gasteiger partial charge in [-0.15, -0.1) is 0 Å². The van der Waals surface area contributed by atoms with Crippen molar-refractivity contribution in [2.45, 2.75) is 26.4 Å². The SMILES string of the molecule is CN(C(=O)OC(C)(C)C)c1cc(C(=O)O)ccc1[N+](=O)[O-]. The minimum Gasteiger partial charge on any atom is -0.478 e. The Hall–Kier alpha value is -2.64. The number of benzene rings is 1. The van der Waals surface area contributed by atoms with Crippen LogP contribution in [0, 0.1) is 10.1 Å². The number of ether oxygens (including phenoxy) is 1. The predicted octanol–water partition coefficient (Wildman–Crippen LogP) is 2.66. The Labute approximate surface area is 121 Å². The third kappa shape index (κ3) is 4.16. The van der Waals surface area contributed by atoms with E-state index in [2.05, 4.69) is 0 Å². The van der Waals surface area contributed by atoms with Crippen LogP contribution in [0.2, 0.25) is 0 Å². The van der Waals surface area contributed by atoms with Crippen LogP contribution in [0.3, 0.4) is 0 Å². The molecule has 0 spiro atoms. The zero-order chi connectivity index (χ0) is 16.4. The van der Waals surface area contributed by atoms with Gasteiger partial charge in [-0.3, -0.25) is 15.0 Å². The lowest BCUT2D eigenvalue weighted by Gasteiger charge is -2.24. The fourth-order valence-corrected chi connectivity index (χ4v) is 1.51. The fraction of sp³-hybridized carbons (Fsp3) is 0.385. The summed E-state index contributed by atoms with van der Waals surface area (Å²) in [6, 6.07) is 3.21. The number of nitro groups is 1. The number of nitrogens with zero attached hydrogens (tertiary/aromatic N) is 2. The number of carboxylic acid groups (broad SMARTS) is 1. The van der Waals surface area contributed by atoms with Gasteiger partial charge >= 0.3 is 12.1 Å². The molecule has 0 heterocycles. The van der Waals surface area contributed by atoms with Crippen molar-refractivity contribution < 1.29 is 24.4 Å². The Morgan fingerprint density at radius 3 is 2.33 bits per heavy atom. The van der Waals surface area contributed by atoms with Crippen LogP contribution in [-0.2, 0) is 4.74 Å². The molecule has 1 rings (SSSR count). The Bertz CT molecular complexity index is 591. The minimum absolute atomic E-state index is 0.144. The molecule has 8 heteroatoms. The average molecular weight is 296 g/mol. The van der Waals surface area contributed by atoms with E-state index in [0.717, 1.165) is 23.1 Å². The largest absolute Gasteiger partial charge is 0.478 e. The normalized spacial score (nSPS) is 10.9. The summed E-state index contributed by atoms with van der Waals surface area (Å²) in [5.41, 5.74) is -1.46. The number of amides is 1. The molecule has 0 aliphatic rings. The van der Waals surface area contributed by atoms with E-state index in [4.69, 9.17) is 9.84 Å². The Morgan fingerprint density at radius 1 is 1.33 bits per heavy atom. The highest BCUT2D eigenvalue weighted by Gasteiger charge is 2.26. The van der Waals surface area contributed by atoms with Crippen LogP contribution in [0.15, 0.2) is 18.2 Å². The number of aromatic carboxylic acids is 1. The molecule has 0 aliphatic carbocycles. The smallest absolute Gasteiger partial charge is 0.414 e. The van der Waals surface area contributed by atoms with Crippen LogP contribution in [0.25, 0.3) is 0 Å². The molecular formula is C13H16N2O6. The second kappa shape index (κ2) is 5.78. The van der Waals surface area contributed by atoms with Gasteiger partial charge in [0.25, 0.3) is 5.69 Å². The number of carboxylic acids is 1. The molecule has 0 atom stereocenters. The van der Waals surface area contributed by atoms with Gasteiger partial charge in [0.15, 0.2) is 0 Å². The molecule has 0 aromatic heterocycles. The fourth-order valence-electron chi connectivity index (χ4n) is 1.51. The van der Waals surface area contributed by atoms with Crippen molar-refractivity contribution in [3.63, 3.8) is 0 Å². The van der Waals surface area contributed by atoms with Crippen LogP contribution in [-0.4, -0.2) is 34.7 Å². The topological polar surface area (TPSA) is 110 Å². The molecule has 0 unspecified atom stereocenters. The van der Waals surface area contributed by atoms with E-state index < -0.39 is 22.6 Å². The highest BCUT2D eigenvalue weighted by molar-refractivity contribution is 5.95. The lowest BCUT2D eigenvalue weighted by atomic mass is 10.1. The maximum atomic E-state index is 11.9. The van der Waals surface area contributed by atoms with E-state index in [-0.39, 0.29) is 16.9 Å². The molecule has 1 N–H and O–H groups in total. The van der Waals surface area contributed by atoms with Crippen molar-refractivity contribution >= 4 is 23.4 Å². The molecule has 1 aromatic rings. The molecule has 21 heavy (non-hydrogen) atoms. The second-order valence-corrected chi connectivity index (χ2v) is 5.31. The quantitative estimate of drug-likeness (QED) is 0.678. The summed E-state index contributed by atoms with van der Waals surface area (Å²) in [6.07, 6.45) is -0.812. The summed E-state index contributed by atoms with van der Waals surface area (Å²) < 4.78 is 5.11. The van der Waals surface area contributed by atoms with E-state index in [1.165, 1.54) is 7.05 Å². The van der Waals surface area contributed by atoms with Crippen LogP contribution in [0.5, 0.6) is 0 Å². The van der Waals surface area contributed by atoms with Crippen LogP contribution in [0.4, 0.5) is 16.2 Å². The zero-order valence-corrected chi connectivity index (χ0v) is 12.1. The highest BCUT2D eigenvalue weighted by Crippen LogP contribution is 2.29. The standard InChI is InChI=1S/C13H16N2O6/c1-13(2,3)21-12(18)14(4)10-7-8(11(16)17)5-6-9(10)15(19)20/h5-7H,1-4H3,(H,16,17). The lowest BCUT2D eigenvalue weighted by molar-refractivity contribution is -0.384. The van der Waals surface area contributed by atoms with Gasteiger partial charge in [-0.05, 0) is 32.9 Å². The molecular weight excluding hydrogens is 280 g/mol. The third-order valence-corrected chi connectivity index (χ3v) is 2.45. The van der Waals surface area contributed by atoms with Crippen molar-refractivity contribution in [3.05, 3.63) is 33.9 Å². The van der Waals surface area contributed by atoms with Gasteiger partial charge in [-0.25, -0.2) is 9.59 Å². The van der Waals surface area contributed by atoms with Gasteiger partial charge in [0, 0.05) is 13.1 Å². The van der Waals surface area contributed by atoms with Crippen LogP contribution >= 0.6 is 0 Å². The number of carbonyl (C=O) groups excluding carboxylic acids is 1. The van der Waals surface area contributed by atoms with E-state index in [1.807, 2.05) is 0 Å². The van der Waals surface area contributed by atoms with Gasteiger partial charge in [-0.1, -0.05) is 0 Å². The van der Waals surface area contributed by atoms with Crippen molar-refractivity contribution in [1.82, 2.24) is 0 Å². The minimum atomic E-state index is -1.25. The van der Waals surface area contributed by atoms with Gasteiger partial charge in [0.2, 0.25) is 0 Å². The number of rotatable bonds is 3. The molecule has 1 amide bonds. The Balaban J connectivity index is 3.25. The summed E-state index contributed by atoms with van der Waals surface area (Å²) >= 11 is 0. The van der Waals surface area contributed by atoms with Gasteiger partial charge in [0.05, 0.1) is 10.5 Å². The summed E-state index contributed by atoms with van der Waals surface area (Å²) in [5.74, 6) is -1.25. The highest BCUT2D eigenvalue weighted by atomic mass is 16.6. The number of carbonyl (C=O) groups is 2. The lowest BCUT2D eigenvalue weighted by Crippen LogP contribution is -2.34. The molecule has 114 valence electrons. The van der Waals surface area contributed by atoms with Gasteiger partial charge in [-0.2, -0.15) is 0 Å². The molecule has 0 fully saturated rings. The molecule has 0 saturated carbocycles. The first-order valence-electron chi connectivity index (χ1n) is 6.01. The molecule has 1 aromatic carbocycles. The number of nitro benzene ring substituents is 1. The molecule has 0 saturated heterocycles. The van der Waals surface area contributed by atoms with E-state index in [0.29, 0.717) is 0 Å². The van der Waals surface area contributed by atoms with Crippen LogP contribution in [0.1, 0.15) is 31.1 Å². The Morgan fingerprint density at radius 2 is 1.90 bits per heavy atom. The monoisotopic (exact) mass is 296 g/mol. The zero-order valence-electron chi connectivity index (χ0n) is 12.1. The van der Waals surface area contributed by atoms with E-state index >= 15 is 0 Å². The van der Waals surface area contributed by atoms with E-state index in [9.17, 15) is 19.7 Å². The molecule has 0 bridgehead atoms. The third-order valence-electron chi connectivity index (χ3n) is 2.45. The van der Waals surface area contributed by atoms with Gasteiger partial charge in [0.1, 0.15) is 11.3 Å². The van der Waals surface area contributed by atoms with Gasteiger partial charge < -0.3 is 9.84 Å². The first kappa shape index (κ1) is 16.4. The van der Waals surface area contributed by atoms with Crippen LogP contribution < -0.4 is 4.90 Å². The summed E-state index contributed by atoms with van der Waals surface area (Å²) in [5, 5.41) is 19.9. The summed E-state index contributed by atoms with van der Waals surface area (Å²) in [7, 11) is 1.28. The second-order valence-electron chi connectivity index (χ2n) is 5.31. The van der Waals surface area contributed by atoms with Crippen molar-refractivity contribution in [1.29, 1.82) is 0 Å². The molecule has 0 aliphatic heterocycles. The number of anilines is 1. The first-order valence-corrected chi connectivity index (χ1v) is 6.01. The number of hydrogen-bond donors (Lipinski definition) is 1. The molecule has 8 nitrogen and oxygen atoms in total. The summed E-state index contributed by atoms with van der Waals surface area (Å²) in [6.45, 7) is 4.96. The summed E-state index contributed by atoms with van der Waals surface area (Å²) in [4.78, 5) is 34.1. The van der Waals surface area contributed by atoms with Crippen molar-refractivity contribution in [2.24, 2.45) is 0 Å². The molecule has 0 radical (unpaired) electrons. The maximum absolute atomic E-state index is 11.9. The average Bonchev–Trinajstić information content (AvgIpc) is 2.34. The maximum Gasteiger partial charge on any atom is 0.414 e. The predicted molar refractivity (Wildman–Crippen MR) is 74.7 cm³/mol. The van der Waals surface area contributed by atoms with Crippen molar-refractivity contribution in [3.8, 4) is 0 Å². The van der Waals surface area contributed by atoms with Crippen molar-refractivity contribution in [2.75, 3.05) is 11.9 Å². The van der Waals surface area contributed by atoms with E-state index in [1.54, 1.807) is 20.8 Å². The number of hydrogen-bond acceptors (Lipinski definition) is 5. The first-order chi connectivity index (χ1) is 9.53.